The molecule has 0 spiro atoms. The van der Waals surface area contributed by atoms with Gasteiger partial charge in [0.25, 0.3) is 5.91 Å². The monoisotopic (exact) mass is 470 g/mol. The number of nitrogens with zero attached hydrogens (tertiary/aromatic N) is 3. The number of amides is 1. The molecule has 178 valence electrons. The predicted molar refractivity (Wildman–Crippen MR) is 120 cm³/mol. The molecule has 9 heteroatoms. The third kappa shape index (κ3) is 3.99. The summed E-state index contributed by atoms with van der Waals surface area (Å²) in [5.41, 5.74) is 1.42. The molecule has 2 aliphatic rings. The minimum absolute atomic E-state index is 0.0432. The van der Waals surface area contributed by atoms with Gasteiger partial charge in [-0.2, -0.15) is 0 Å². The molecule has 0 aliphatic carbocycles. The molecule has 0 bridgehead atoms. The highest BCUT2D eigenvalue weighted by atomic mass is 19.2. The Labute approximate surface area is 195 Å². The maximum absolute atomic E-state index is 14.6. The van der Waals surface area contributed by atoms with Crippen molar-refractivity contribution in [2.45, 2.75) is 31.5 Å². The predicted octanol–water partition coefficient (Wildman–Crippen LogP) is 3.78. The molecule has 0 saturated carbocycles. The molecule has 2 aromatic carbocycles. The van der Waals surface area contributed by atoms with Gasteiger partial charge in [-0.3, -0.25) is 4.79 Å². The smallest absolute Gasteiger partial charge is 0.272 e. The Bertz CT molecular complexity index is 1210. The number of ether oxygens (including phenoxy) is 1. The number of hydrogen-bond donors (Lipinski definition) is 1. The maximum atomic E-state index is 14.6. The molecule has 1 aromatic heterocycles. The second-order valence-corrected chi connectivity index (χ2v) is 8.68. The van der Waals surface area contributed by atoms with Crippen LogP contribution in [0.3, 0.4) is 0 Å². The highest BCUT2D eigenvalue weighted by molar-refractivity contribution is 5.92. The Hall–Kier alpha value is -3.17. The topological polar surface area (TPSA) is 59.4 Å². The van der Waals surface area contributed by atoms with Crippen molar-refractivity contribution in [1.29, 1.82) is 0 Å². The molecule has 0 unspecified atom stereocenters. The first-order chi connectivity index (χ1) is 16.5. The molecule has 2 fully saturated rings. The average molecular weight is 470 g/mol. The molecule has 3 aromatic rings. The van der Waals surface area contributed by atoms with Crippen LogP contribution in [0.5, 0.6) is 0 Å². The van der Waals surface area contributed by atoms with Crippen LogP contribution in [0.15, 0.2) is 48.9 Å². The fourth-order valence-corrected chi connectivity index (χ4v) is 4.89. The molecular formula is C25H25F3N4O2. The summed E-state index contributed by atoms with van der Waals surface area (Å²) in [7, 11) is 0. The van der Waals surface area contributed by atoms with E-state index in [4.69, 9.17) is 4.74 Å². The van der Waals surface area contributed by atoms with E-state index in [1.54, 1.807) is 40.1 Å². The zero-order chi connectivity index (χ0) is 23.8. The van der Waals surface area contributed by atoms with Crippen molar-refractivity contribution in [3.8, 4) is 11.1 Å². The first-order valence-corrected chi connectivity index (χ1v) is 11.3. The number of nitrogens with one attached hydrogen (secondary N) is 1. The number of carbonyl (C=O) groups excluding carboxylic acids is 1. The molecule has 3 heterocycles. The lowest BCUT2D eigenvalue weighted by Gasteiger charge is -2.41. The van der Waals surface area contributed by atoms with E-state index >= 15 is 0 Å². The molecule has 0 radical (unpaired) electrons. The van der Waals surface area contributed by atoms with Crippen molar-refractivity contribution in [2.24, 2.45) is 0 Å². The van der Waals surface area contributed by atoms with Gasteiger partial charge in [-0.05, 0) is 36.6 Å². The average Bonchev–Trinajstić information content (AvgIpc) is 3.36. The minimum Gasteiger partial charge on any atom is -0.373 e. The van der Waals surface area contributed by atoms with E-state index in [0.717, 1.165) is 19.0 Å². The second-order valence-electron chi connectivity index (χ2n) is 8.68. The van der Waals surface area contributed by atoms with Gasteiger partial charge >= 0.3 is 0 Å². The minimum atomic E-state index is -1.51. The molecule has 1 N–H and O–H groups in total. The van der Waals surface area contributed by atoms with Crippen molar-refractivity contribution in [3.63, 3.8) is 0 Å². The first kappa shape index (κ1) is 22.6. The van der Waals surface area contributed by atoms with E-state index < -0.39 is 23.5 Å². The molecule has 2 aliphatic heterocycles. The molecule has 1 amide bonds. The molecule has 5 rings (SSSR count). The summed E-state index contributed by atoms with van der Waals surface area (Å²) in [6, 6.07) is 8.88. The van der Waals surface area contributed by atoms with Crippen LogP contribution in [-0.2, 0) is 4.74 Å². The lowest BCUT2D eigenvalue weighted by Crippen LogP contribution is -2.58. The Kier molecular flexibility index (Phi) is 6.14. The summed E-state index contributed by atoms with van der Waals surface area (Å²) in [6.07, 6.45) is 3.84. The first-order valence-electron chi connectivity index (χ1n) is 11.3. The maximum Gasteiger partial charge on any atom is 0.272 e. The zero-order valence-corrected chi connectivity index (χ0v) is 18.7. The van der Waals surface area contributed by atoms with Crippen molar-refractivity contribution >= 4 is 5.91 Å². The van der Waals surface area contributed by atoms with E-state index in [9.17, 15) is 18.0 Å². The van der Waals surface area contributed by atoms with Crippen LogP contribution in [0.4, 0.5) is 13.2 Å². The van der Waals surface area contributed by atoms with E-state index in [-0.39, 0.29) is 23.6 Å². The van der Waals surface area contributed by atoms with E-state index in [0.29, 0.717) is 36.5 Å². The highest BCUT2D eigenvalue weighted by Gasteiger charge is 2.35. The van der Waals surface area contributed by atoms with Gasteiger partial charge in [-0.1, -0.05) is 24.3 Å². The lowest BCUT2D eigenvalue weighted by atomic mass is 9.94. The molecule has 34 heavy (non-hydrogen) atoms. The van der Waals surface area contributed by atoms with Gasteiger partial charge in [-0.25, -0.2) is 18.2 Å². The SMILES string of the molecule is C[C@@H](c1ccccc1-c1ccc(F)c(F)c1F)n1cncc1C(=O)N1CC[C@H]2NCCO[C@@H]2C1. The Morgan fingerprint density at radius 1 is 1.15 bits per heavy atom. The van der Waals surface area contributed by atoms with Gasteiger partial charge in [0, 0.05) is 31.2 Å². The van der Waals surface area contributed by atoms with Crippen LogP contribution in [-0.4, -0.2) is 58.7 Å². The number of morpholine rings is 1. The number of likely N-dealkylation sites (tertiary alicyclic amines) is 1. The summed E-state index contributed by atoms with van der Waals surface area (Å²) in [5, 5.41) is 3.44. The van der Waals surface area contributed by atoms with Crippen molar-refractivity contribution in [2.75, 3.05) is 26.2 Å². The normalized spacial score (nSPS) is 21.2. The standard InChI is InChI=1S/C25H25F3N4O2/c1-15(16-4-2-3-5-17(16)18-6-7-19(26)24(28)23(18)27)32-14-29-12-21(32)25(33)31-10-8-20-22(13-31)34-11-9-30-20/h2-7,12,14-15,20,22,30H,8-11,13H2,1H3/t15-,20+,22+/m0/s1. The summed E-state index contributed by atoms with van der Waals surface area (Å²) in [6.45, 7) is 4.39. The fraction of sp³-hybridized carbons (Fsp3) is 0.360. The lowest BCUT2D eigenvalue weighted by molar-refractivity contribution is -0.0417. The Balaban J connectivity index is 1.45. The molecule has 3 atom stereocenters. The van der Waals surface area contributed by atoms with Crippen LogP contribution >= 0.6 is 0 Å². The van der Waals surface area contributed by atoms with Crippen molar-refractivity contribution in [3.05, 3.63) is 77.6 Å². The zero-order valence-electron chi connectivity index (χ0n) is 18.7. The van der Waals surface area contributed by atoms with Gasteiger partial charge in [-0.15, -0.1) is 0 Å². The van der Waals surface area contributed by atoms with Crippen molar-refractivity contribution in [1.82, 2.24) is 19.8 Å². The van der Waals surface area contributed by atoms with Crippen LogP contribution in [0.25, 0.3) is 11.1 Å². The third-order valence-electron chi connectivity index (χ3n) is 6.73. The van der Waals surface area contributed by atoms with E-state index in [1.807, 2.05) is 6.92 Å². The molecular weight excluding hydrogens is 445 g/mol. The number of piperidine rings is 1. The summed E-state index contributed by atoms with van der Waals surface area (Å²) in [5.74, 6) is -4.16. The number of carbonyl (C=O) groups is 1. The van der Waals surface area contributed by atoms with Gasteiger partial charge in [0.05, 0.1) is 31.3 Å². The summed E-state index contributed by atoms with van der Waals surface area (Å²) >= 11 is 0. The second kappa shape index (κ2) is 9.23. The Morgan fingerprint density at radius 2 is 1.97 bits per heavy atom. The summed E-state index contributed by atoms with van der Waals surface area (Å²) in [4.78, 5) is 19.4. The van der Waals surface area contributed by atoms with Gasteiger partial charge < -0.3 is 19.5 Å². The van der Waals surface area contributed by atoms with Gasteiger partial charge in [0.1, 0.15) is 5.69 Å². The fourth-order valence-electron chi connectivity index (χ4n) is 4.89. The number of halogens is 3. The summed E-state index contributed by atoms with van der Waals surface area (Å²) < 4.78 is 49.6. The highest BCUT2D eigenvalue weighted by Crippen LogP contribution is 2.34. The van der Waals surface area contributed by atoms with Crippen LogP contribution in [0.2, 0.25) is 0 Å². The largest absolute Gasteiger partial charge is 0.373 e. The quantitative estimate of drug-likeness (QED) is 0.590. The third-order valence-corrected chi connectivity index (χ3v) is 6.73. The molecule has 2 saturated heterocycles. The number of aromatic nitrogens is 2. The van der Waals surface area contributed by atoms with Crippen LogP contribution < -0.4 is 5.32 Å². The molecule has 6 nitrogen and oxygen atoms in total. The number of rotatable bonds is 4. The Morgan fingerprint density at radius 3 is 2.82 bits per heavy atom. The number of imidazole rings is 1. The van der Waals surface area contributed by atoms with Crippen LogP contribution in [0.1, 0.15) is 35.4 Å². The van der Waals surface area contributed by atoms with Crippen molar-refractivity contribution < 1.29 is 22.7 Å². The van der Waals surface area contributed by atoms with E-state index in [2.05, 4.69) is 10.3 Å². The van der Waals surface area contributed by atoms with Gasteiger partial charge in [0.2, 0.25) is 0 Å². The van der Waals surface area contributed by atoms with E-state index in [1.165, 1.54) is 12.3 Å². The number of fused-ring (bicyclic) bond motifs is 1. The number of hydrogen-bond acceptors (Lipinski definition) is 4. The number of benzene rings is 2. The van der Waals surface area contributed by atoms with Gasteiger partial charge in [0.15, 0.2) is 17.5 Å². The van der Waals surface area contributed by atoms with Crippen LogP contribution in [0, 0.1) is 17.5 Å².